The third-order valence-electron chi connectivity index (χ3n) is 1.97. The minimum absolute atomic E-state index is 0.187. The van der Waals surface area contributed by atoms with Gasteiger partial charge in [0.2, 0.25) is 0 Å². The lowest BCUT2D eigenvalue weighted by Crippen LogP contribution is -2.19. The first-order chi connectivity index (χ1) is 5.22. The molecule has 2 atom stereocenters. The molecule has 0 aromatic rings. The Morgan fingerprint density at radius 1 is 1.27 bits per heavy atom. The maximum absolute atomic E-state index is 9.35. The quantitative estimate of drug-likeness (QED) is 0.471. The Kier molecular flexibility index (Phi) is 7.18. The zero-order valence-electron chi connectivity index (χ0n) is 7.58. The highest BCUT2D eigenvalue weighted by Crippen LogP contribution is 2.14. The Morgan fingerprint density at radius 2 is 1.91 bits per heavy atom. The van der Waals surface area contributed by atoms with Crippen molar-refractivity contribution in [1.29, 1.82) is 0 Å². The lowest BCUT2D eigenvalue weighted by atomic mass is 10.1. The van der Waals surface area contributed by atoms with Crippen LogP contribution in [-0.4, -0.2) is 16.5 Å². The fraction of sp³-hybridized carbons (Fsp3) is 1.00. The highest BCUT2D eigenvalue weighted by atomic mass is 32.1. The molecular weight excluding hydrogens is 156 g/mol. The van der Waals surface area contributed by atoms with Gasteiger partial charge in [-0.05, 0) is 12.8 Å². The van der Waals surface area contributed by atoms with Crippen molar-refractivity contribution in [3.63, 3.8) is 0 Å². The standard InChI is InChI=1S/C9H20OS/c1-3-5-6-7-9(11)8(10)4-2/h8-11H,3-7H2,1-2H3. The molecule has 0 aliphatic rings. The molecule has 11 heavy (non-hydrogen) atoms. The van der Waals surface area contributed by atoms with Gasteiger partial charge in [-0.3, -0.25) is 0 Å². The van der Waals surface area contributed by atoms with Gasteiger partial charge in [0.15, 0.2) is 0 Å². The van der Waals surface area contributed by atoms with Crippen molar-refractivity contribution in [3.05, 3.63) is 0 Å². The molecule has 0 amide bonds. The van der Waals surface area contributed by atoms with Gasteiger partial charge >= 0.3 is 0 Å². The van der Waals surface area contributed by atoms with Crippen molar-refractivity contribution < 1.29 is 5.11 Å². The van der Waals surface area contributed by atoms with Crippen LogP contribution in [0.2, 0.25) is 0 Å². The van der Waals surface area contributed by atoms with Gasteiger partial charge in [0, 0.05) is 5.25 Å². The summed E-state index contributed by atoms with van der Waals surface area (Å²) < 4.78 is 0. The first-order valence-electron chi connectivity index (χ1n) is 4.58. The van der Waals surface area contributed by atoms with E-state index < -0.39 is 0 Å². The van der Waals surface area contributed by atoms with Crippen LogP contribution in [0.15, 0.2) is 0 Å². The molecule has 0 fully saturated rings. The zero-order chi connectivity index (χ0) is 8.69. The molecule has 0 spiro atoms. The van der Waals surface area contributed by atoms with Crippen molar-refractivity contribution in [2.24, 2.45) is 0 Å². The summed E-state index contributed by atoms with van der Waals surface area (Å²) >= 11 is 4.33. The molecule has 1 N–H and O–H groups in total. The lowest BCUT2D eigenvalue weighted by Gasteiger charge is -2.15. The van der Waals surface area contributed by atoms with Gasteiger partial charge in [0.25, 0.3) is 0 Å². The van der Waals surface area contributed by atoms with Crippen LogP contribution in [0.3, 0.4) is 0 Å². The van der Waals surface area contributed by atoms with E-state index in [1.807, 2.05) is 6.92 Å². The summed E-state index contributed by atoms with van der Waals surface area (Å²) in [6, 6.07) is 0. The largest absolute Gasteiger partial charge is 0.392 e. The lowest BCUT2D eigenvalue weighted by molar-refractivity contribution is 0.163. The molecule has 0 rings (SSSR count). The van der Waals surface area contributed by atoms with Gasteiger partial charge in [-0.15, -0.1) is 0 Å². The molecular formula is C9H20OS. The second-order valence-electron chi connectivity index (χ2n) is 3.04. The van der Waals surface area contributed by atoms with E-state index in [-0.39, 0.29) is 11.4 Å². The summed E-state index contributed by atoms with van der Waals surface area (Å²) in [4.78, 5) is 0. The van der Waals surface area contributed by atoms with E-state index in [1.165, 1.54) is 19.3 Å². The average Bonchev–Trinajstić information content (AvgIpc) is 2.03. The predicted molar refractivity (Wildman–Crippen MR) is 53.2 cm³/mol. The Bertz CT molecular complexity index is 85.6. The van der Waals surface area contributed by atoms with Gasteiger partial charge in [-0.1, -0.05) is 33.1 Å². The molecule has 0 heterocycles. The molecule has 0 saturated carbocycles. The van der Waals surface area contributed by atoms with E-state index in [2.05, 4.69) is 19.6 Å². The topological polar surface area (TPSA) is 20.2 Å². The van der Waals surface area contributed by atoms with Crippen LogP contribution in [0.25, 0.3) is 0 Å². The third-order valence-corrected chi connectivity index (χ3v) is 2.57. The van der Waals surface area contributed by atoms with Gasteiger partial charge < -0.3 is 5.11 Å². The Hall–Kier alpha value is 0.310. The SMILES string of the molecule is CCCCCC(S)C(O)CC. The van der Waals surface area contributed by atoms with E-state index >= 15 is 0 Å². The number of rotatable bonds is 6. The van der Waals surface area contributed by atoms with Crippen LogP contribution < -0.4 is 0 Å². The molecule has 1 nitrogen and oxygen atoms in total. The molecule has 68 valence electrons. The molecule has 0 radical (unpaired) electrons. The Labute approximate surface area is 75.6 Å². The van der Waals surface area contributed by atoms with Crippen molar-refractivity contribution >= 4 is 12.6 Å². The maximum Gasteiger partial charge on any atom is 0.0653 e. The fourth-order valence-electron chi connectivity index (χ4n) is 1.07. The van der Waals surface area contributed by atoms with Gasteiger partial charge in [-0.25, -0.2) is 0 Å². The molecule has 0 aromatic carbocycles. The summed E-state index contributed by atoms with van der Waals surface area (Å²) in [6.45, 7) is 4.18. The van der Waals surface area contributed by atoms with Crippen LogP contribution in [0.1, 0.15) is 46.0 Å². The second-order valence-corrected chi connectivity index (χ2v) is 3.70. The molecule has 0 saturated heterocycles. The van der Waals surface area contributed by atoms with E-state index in [0.29, 0.717) is 0 Å². The van der Waals surface area contributed by atoms with Crippen LogP contribution in [0.4, 0.5) is 0 Å². The van der Waals surface area contributed by atoms with Crippen LogP contribution in [0, 0.1) is 0 Å². The Morgan fingerprint density at radius 3 is 2.36 bits per heavy atom. The monoisotopic (exact) mass is 176 g/mol. The first kappa shape index (κ1) is 11.3. The zero-order valence-corrected chi connectivity index (χ0v) is 8.48. The summed E-state index contributed by atoms with van der Waals surface area (Å²) in [5.41, 5.74) is 0. The van der Waals surface area contributed by atoms with Crippen molar-refractivity contribution in [1.82, 2.24) is 0 Å². The molecule has 0 aliphatic carbocycles. The van der Waals surface area contributed by atoms with E-state index in [9.17, 15) is 5.11 Å². The molecule has 0 bridgehead atoms. The number of thiol groups is 1. The number of hydrogen-bond donors (Lipinski definition) is 2. The molecule has 0 aromatic heterocycles. The average molecular weight is 176 g/mol. The van der Waals surface area contributed by atoms with Crippen LogP contribution >= 0.6 is 12.6 Å². The normalized spacial score (nSPS) is 16.4. The van der Waals surface area contributed by atoms with Crippen LogP contribution in [0.5, 0.6) is 0 Å². The highest BCUT2D eigenvalue weighted by Gasteiger charge is 2.11. The molecule has 2 heteroatoms. The van der Waals surface area contributed by atoms with Gasteiger partial charge in [-0.2, -0.15) is 12.6 Å². The van der Waals surface area contributed by atoms with E-state index in [4.69, 9.17) is 0 Å². The second kappa shape index (κ2) is 6.99. The first-order valence-corrected chi connectivity index (χ1v) is 5.10. The summed E-state index contributed by atoms with van der Waals surface area (Å²) in [6.07, 6.45) is 5.35. The van der Waals surface area contributed by atoms with Crippen molar-refractivity contribution in [3.8, 4) is 0 Å². The van der Waals surface area contributed by atoms with Gasteiger partial charge in [0.1, 0.15) is 0 Å². The molecule has 2 unspecified atom stereocenters. The van der Waals surface area contributed by atoms with Gasteiger partial charge in [0.05, 0.1) is 6.10 Å². The number of unbranched alkanes of at least 4 members (excludes halogenated alkanes) is 2. The van der Waals surface area contributed by atoms with E-state index in [0.717, 1.165) is 12.8 Å². The minimum Gasteiger partial charge on any atom is -0.392 e. The minimum atomic E-state index is -0.213. The number of aliphatic hydroxyl groups is 1. The van der Waals surface area contributed by atoms with Crippen molar-refractivity contribution in [2.45, 2.75) is 57.3 Å². The molecule has 0 aliphatic heterocycles. The third kappa shape index (κ3) is 5.57. The fourth-order valence-corrected chi connectivity index (χ4v) is 1.46. The predicted octanol–water partition coefficient (Wildman–Crippen LogP) is 2.64. The van der Waals surface area contributed by atoms with Crippen molar-refractivity contribution in [2.75, 3.05) is 0 Å². The summed E-state index contributed by atoms with van der Waals surface area (Å²) in [5, 5.41) is 9.54. The number of aliphatic hydroxyl groups excluding tert-OH is 1. The van der Waals surface area contributed by atoms with Crippen LogP contribution in [-0.2, 0) is 0 Å². The number of hydrogen-bond acceptors (Lipinski definition) is 2. The summed E-state index contributed by atoms with van der Waals surface area (Å²) in [5.74, 6) is 0. The Balaban J connectivity index is 3.28. The highest BCUT2D eigenvalue weighted by molar-refractivity contribution is 7.81. The maximum atomic E-state index is 9.35. The smallest absolute Gasteiger partial charge is 0.0653 e. The van der Waals surface area contributed by atoms with E-state index in [1.54, 1.807) is 0 Å². The summed E-state index contributed by atoms with van der Waals surface area (Å²) in [7, 11) is 0.